The molecule has 0 spiro atoms. The highest BCUT2D eigenvalue weighted by atomic mass is 32.2. The van der Waals surface area contributed by atoms with E-state index in [0.717, 1.165) is 29.5 Å². The van der Waals surface area contributed by atoms with Crippen LogP contribution >= 0.6 is 23.1 Å². The molecule has 0 radical (unpaired) electrons. The Labute approximate surface area is 154 Å². The molecule has 3 rings (SSSR count). The van der Waals surface area contributed by atoms with Gasteiger partial charge in [-0.1, -0.05) is 17.8 Å². The zero-order valence-electron chi connectivity index (χ0n) is 14.2. The lowest BCUT2D eigenvalue weighted by molar-refractivity contribution is -0.118. The van der Waals surface area contributed by atoms with Crippen molar-refractivity contribution in [1.29, 1.82) is 0 Å². The molecule has 1 aliphatic rings. The van der Waals surface area contributed by atoms with Gasteiger partial charge in [-0.15, -0.1) is 17.9 Å². The van der Waals surface area contributed by atoms with E-state index >= 15 is 0 Å². The van der Waals surface area contributed by atoms with Crippen LogP contribution in [-0.4, -0.2) is 41.5 Å². The van der Waals surface area contributed by atoms with Gasteiger partial charge in [-0.25, -0.2) is 4.98 Å². The maximum absolute atomic E-state index is 13.0. The molecule has 2 aromatic rings. The minimum Gasteiger partial charge on any atom is -0.383 e. The number of thioether (sulfide) groups is 1. The maximum atomic E-state index is 13.0. The Morgan fingerprint density at radius 1 is 1.52 bits per heavy atom. The molecule has 2 heterocycles. The van der Waals surface area contributed by atoms with E-state index in [1.54, 1.807) is 29.1 Å². The van der Waals surface area contributed by atoms with Crippen molar-refractivity contribution in [2.24, 2.45) is 0 Å². The minimum atomic E-state index is -0.102. The highest BCUT2D eigenvalue weighted by Gasteiger charge is 2.23. The van der Waals surface area contributed by atoms with Gasteiger partial charge in [0.1, 0.15) is 4.83 Å². The summed E-state index contributed by atoms with van der Waals surface area (Å²) in [4.78, 5) is 31.6. The van der Waals surface area contributed by atoms with Crippen molar-refractivity contribution >= 4 is 39.2 Å². The van der Waals surface area contributed by atoms with Gasteiger partial charge in [-0.05, 0) is 24.8 Å². The summed E-state index contributed by atoms with van der Waals surface area (Å²) in [6.45, 7) is 5.07. The summed E-state index contributed by atoms with van der Waals surface area (Å²) >= 11 is 2.89. The van der Waals surface area contributed by atoms with Crippen molar-refractivity contribution in [1.82, 2.24) is 14.9 Å². The first-order valence-corrected chi connectivity index (χ1v) is 10.00. The van der Waals surface area contributed by atoms with Crippen molar-refractivity contribution in [3.8, 4) is 0 Å². The molecule has 6 nitrogen and oxygen atoms in total. The molecule has 0 aromatic carbocycles. The lowest BCUT2D eigenvalue weighted by Gasteiger charge is -2.10. The number of aromatic nitrogens is 2. The van der Waals surface area contributed by atoms with Crippen molar-refractivity contribution < 1.29 is 9.53 Å². The molecule has 0 aliphatic heterocycles. The highest BCUT2D eigenvalue weighted by Crippen LogP contribution is 2.35. The molecule has 8 heteroatoms. The molecular formula is C17H21N3O3S2. The second-order valence-corrected chi connectivity index (χ2v) is 7.79. The fourth-order valence-corrected chi connectivity index (χ4v) is 5.07. The number of nitrogens with one attached hydrogen (secondary N) is 1. The third-order valence-corrected chi connectivity index (χ3v) is 6.22. The molecular weight excluding hydrogens is 358 g/mol. The standard InChI is InChI=1S/C17H21N3O3S2/c1-3-8-20-16(22)14-11-5-4-6-12(11)25-15(14)19-17(20)24-10-13(21)18-7-9-23-2/h3H,1,4-10H2,2H3,(H,18,21). The normalized spacial score (nSPS) is 13.2. The smallest absolute Gasteiger partial charge is 0.263 e. The van der Waals surface area contributed by atoms with Crippen LogP contribution in [0.1, 0.15) is 16.9 Å². The van der Waals surface area contributed by atoms with Crippen molar-refractivity contribution in [2.45, 2.75) is 31.0 Å². The van der Waals surface area contributed by atoms with Crippen molar-refractivity contribution in [2.75, 3.05) is 26.0 Å². The number of hydrogen-bond acceptors (Lipinski definition) is 6. The number of thiophene rings is 1. The number of ether oxygens (including phenoxy) is 1. The Bertz CT molecular complexity index is 857. The van der Waals surface area contributed by atoms with Gasteiger partial charge in [0.05, 0.1) is 17.7 Å². The summed E-state index contributed by atoms with van der Waals surface area (Å²) in [5.74, 6) is 0.111. The van der Waals surface area contributed by atoms with Crippen LogP contribution in [-0.2, 0) is 28.9 Å². The number of rotatable bonds is 8. The molecule has 0 saturated heterocycles. The molecule has 0 saturated carbocycles. The Kier molecular flexibility index (Phi) is 5.93. The third kappa shape index (κ3) is 3.80. The average molecular weight is 380 g/mol. The first kappa shape index (κ1) is 18.2. The number of carbonyl (C=O) groups excluding carboxylic acids is 1. The van der Waals surface area contributed by atoms with Crippen LogP contribution in [0, 0.1) is 0 Å². The summed E-state index contributed by atoms with van der Waals surface area (Å²) < 4.78 is 6.53. The van der Waals surface area contributed by atoms with E-state index in [-0.39, 0.29) is 17.2 Å². The van der Waals surface area contributed by atoms with Crippen LogP contribution in [0.15, 0.2) is 22.6 Å². The van der Waals surface area contributed by atoms with E-state index in [2.05, 4.69) is 16.9 Å². The van der Waals surface area contributed by atoms with Gasteiger partial charge < -0.3 is 10.1 Å². The monoisotopic (exact) mass is 379 g/mol. The first-order chi connectivity index (χ1) is 12.2. The fraction of sp³-hybridized carbons (Fsp3) is 0.471. The number of methoxy groups -OCH3 is 1. The summed E-state index contributed by atoms with van der Waals surface area (Å²) in [6.07, 6.45) is 4.77. The number of allylic oxidation sites excluding steroid dienone is 1. The molecule has 0 bridgehead atoms. The molecule has 25 heavy (non-hydrogen) atoms. The average Bonchev–Trinajstić information content (AvgIpc) is 3.16. The quantitative estimate of drug-likeness (QED) is 0.329. The van der Waals surface area contributed by atoms with Crippen LogP contribution in [0.4, 0.5) is 0 Å². The molecule has 0 fully saturated rings. The number of aryl methyl sites for hydroxylation is 2. The molecule has 0 atom stereocenters. The number of carbonyl (C=O) groups is 1. The van der Waals surface area contributed by atoms with Gasteiger partial charge >= 0.3 is 0 Å². The highest BCUT2D eigenvalue weighted by molar-refractivity contribution is 7.99. The van der Waals surface area contributed by atoms with E-state index in [1.807, 2.05) is 0 Å². The van der Waals surface area contributed by atoms with Crippen LogP contribution < -0.4 is 10.9 Å². The third-order valence-electron chi connectivity index (χ3n) is 4.06. The van der Waals surface area contributed by atoms with Crippen molar-refractivity contribution in [3.05, 3.63) is 33.4 Å². The number of fused-ring (bicyclic) bond motifs is 3. The van der Waals surface area contributed by atoms with Gasteiger partial charge in [0, 0.05) is 25.1 Å². The molecule has 1 aliphatic carbocycles. The van der Waals surface area contributed by atoms with Crippen LogP contribution in [0.25, 0.3) is 10.2 Å². The number of amides is 1. The Balaban J connectivity index is 1.87. The summed E-state index contributed by atoms with van der Waals surface area (Å²) in [7, 11) is 1.59. The molecule has 134 valence electrons. The Morgan fingerprint density at radius 2 is 2.36 bits per heavy atom. The number of nitrogens with zero attached hydrogens (tertiary/aromatic N) is 2. The van der Waals surface area contributed by atoms with Gasteiger partial charge in [0.15, 0.2) is 5.16 Å². The SMILES string of the molecule is C=CCn1c(SCC(=O)NCCOC)nc2sc3c(c2c1=O)CCC3. The van der Waals surface area contributed by atoms with E-state index in [9.17, 15) is 9.59 Å². The lowest BCUT2D eigenvalue weighted by Crippen LogP contribution is -2.29. The topological polar surface area (TPSA) is 73.2 Å². The lowest BCUT2D eigenvalue weighted by atomic mass is 10.2. The Morgan fingerprint density at radius 3 is 3.12 bits per heavy atom. The fourth-order valence-electron chi connectivity index (χ4n) is 2.93. The van der Waals surface area contributed by atoms with Gasteiger partial charge in [-0.3, -0.25) is 14.2 Å². The second kappa shape index (κ2) is 8.16. The van der Waals surface area contributed by atoms with Crippen LogP contribution in [0.5, 0.6) is 0 Å². The predicted molar refractivity (Wildman–Crippen MR) is 102 cm³/mol. The van der Waals surface area contributed by atoms with Crippen LogP contribution in [0.2, 0.25) is 0 Å². The van der Waals surface area contributed by atoms with Crippen molar-refractivity contribution in [3.63, 3.8) is 0 Å². The zero-order valence-corrected chi connectivity index (χ0v) is 15.8. The van der Waals surface area contributed by atoms with E-state index in [4.69, 9.17) is 4.74 Å². The molecule has 1 amide bonds. The van der Waals surface area contributed by atoms with Gasteiger partial charge in [-0.2, -0.15) is 0 Å². The minimum absolute atomic E-state index is 0.0217. The molecule has 1 N–H and O–H groups in total. The molecule has 0 unspecified atom stereocenters. The van der Waals surface area contributed by atoms with Gasteiger partial charge in [0.25, 0.3) is 5.56 Å². The molecule has 2 aromatic heterocycles. The largest absolute Gasteiger partial charge is 0.383 e. The Hall–Kier alpha value is -1.64. The van der Waals surface area contributed by atoms with Gasteiger partial charge in [0.2, 0.25) is 5.91 Å². The number of hydrogen-bond donors (Lipinski definition) is 1. The first-order valence-electron chi connectivity index (χ1n) is 8.20. The van der Waals surface area contributed by atoms with Crippen LogP contribution in [0.3, 0.4) is 0 Å². The summed E-state index contributed by atoms with van der Waals surface area (Å²) in [6, 6.07) is 0. The zero-order chi connectivity index (χ0) is 17.8. The predicted octanol–water partition coefficient (Wildman–Crippen LogP) is 1.99. The summed E-state index contributed by atoms with van der Waals surface area (Å²) in [5, 5.41) is 4.10. The summed E-state index contributed by atoms with van der Waals surface area (Å²) in [5.41, 5.74) is 1.15. The van der Waals surface area contributed by atoms with E-state index < -0.39 is 0 Å². The van der Waals surface area contributed by atoms with E-state index in [0.29, 0.717) is 24.9 Å². The van der Waals surface area contributed by atoms with E-state index in [1.165, 1.54) is 22.2 Å². The second-order valence-electron chi connectivity index (χ2n) is 5.77. The maximum Gasteiger partial charge on any atom is 0.263 e.